The number of nitrogens with one attached hydrogen (secondary N) is 1. The quantitative estimate of drug-likeness (QED) is 0.814. The van der Waals surface area contributed by atoms with Crippen LogP contribution in [0, 0.1) is 0 Å². The monoisotopic (exact) mass is 258 g/mol. The van der Waals surface area contributed by atoms with Crippen LogP contribution in [0.1, 0.15) is 20.8 Å². The maximum absolute atomic E-state index is 9.07. The average molecular weight is 259 g/mol. The Morgan fingerprint density at radius 1 is 1.53 bits per heavy atom. The van der Waals surface area contributed by atoms with Crippen LogP contribution in [-0.2, 0) is 0 Å². The zero-order valence-electron chi connectivity index (χ0n) is 10.4. The van der Waals surface area contributed by atoms with Gasteiger partial charge in [0.2, 0.25) is 5.95 Å². The molecule has 0 atom stereocenters. The Bertz CT molecular complexity index is 359. The summed E-state index contributed by atoms with van der Waals surface area (Å²) in [6.45, 7) is 7.35. The summed E-state index contributed by atoms with van der Waals surface area (Å²) in [5.41, 5.74) is 0. The standard InChI is InChI=1S/C11H19ClN4O/c1-4-13-11-14-7-9(12)10(15-11)16(5-6-17)8(2)3/h7-8,17H,4-6H2,1-3H3,(H,13,14,15). The van der Waals surface area contributed by atoms with Gasteiger partial charge in [0, 0.05) is 19.1 Å². The van der Waals surface area contributed by atoms with Crippen LogP contribution >= 0.6 is 11.6 Å². The van der Waals surface area contributed by atoms with Crippen LogP contribution < -0.4 is 10.2 Å². The zero-order chi connectivity index (χ0) is 12.8. The highest BCUT2D eigenvalue weighted by Crippen LogP contribution is 2.25. The van der Waals surface area contributed by atoms with Crippen LogP contribution in [0.2, 0.25) is 5.02 Å². The van der Waals surface area contributed by atoms with E-state index >= 15 is 0 Å². The second-order valence-electron chi connectivity index (χ2n) is 3.91. The van der Waals surface area contributed by atoms with Crippen LogP contribution in [0.4, 0.5) is 11.8 Å². The summed E-state index contributed by atoms with van der Waals surface area (Å²) in [5.74, 6) is 1.21. The van der Waals surface area contributed by atoms with E-state index in [0.29, 0.717) is 23.3 Å². The van der Waals surface area contributed by atoms with Crippen molar-refractivity contribution in [2.45, 2.75) is 26.8 Å². The normalized spacial score (nSPS) is 10.7. The highest BCUT2D eigenvalue weighted by atomic mass is 35.5. The SMILES string of the molecule is CCNc1ncc(Cl)c(N(CCO)C(C)C)n1. The largest absolute Gasteiger partial charge is 0.395 e. The van der Waals surface area contributed by atoms with Gasteiger partial charge in [0.15, 0.2) is 5.82 Å². The molecule has 0 amide bonds. The van der Waals surface area contributed by atoms with Gasteiger partial charge >= 0.3 is 0 Å². The number of rotatable bonds is 6. The van der Waals surface area contributed by atoms with Crippen molar-refractivity contribution in [1.82, 2.24) is 9.97 Å². The van der Waals surface area contributed by atoms with Gasteiger partial charge in [-0.1, -0.05) is 11.6 Å². The van der Waals surface area contributed by atoms with Crippen molar-refractivity contribution in [3.05, 3.63) is 11.2 Å². The number of halogens is 1. The molecular formula is C11H19ClN4O. The molecule has 17 heavy (non-hydrogen) atoms. The van der Waals surface area contributed by atoms with Gasteiger partial charge < -0.3 is 15.3 Å². The molecular weight excluding hydrogens is 240 g/mol. The molecule has 5 nitrogen and oxygen atoms in total. The highest BCUT2D eigenvalue weighted by Gasteiger charge is 2.16. The third-order valence-corrected chi connectivity index (χ3v) is 2.56. The summed E-state index contributed by atoms with van der Waals surface area (Å²) in [6, 6.07) is 0.212. The number of anilines is 2. The van der Waals surface area contributed by atoms with Crippen LogP contribution in [0.5, 0.6) is 0 Å². The maximum Gasteiger partial charge on any atom is 0.224 e. The fourth-order valence-corrected chi connectivity index (χ4v) is 1.72. The Labute approximate surface area is 107 Å². The Kier molecular flexibility index (Phi) is 5.44. The molecule has 0 saturated carbocycles. The Hall–Kier alpha value is -1.07. The first-order valence-corrected chi connectivity index (χ1v) is 6.11. The Balaban J connectivity index is 3.03. The van der Waals surface area contributed by atoms with E-state index < -0.39 is 0 Å². The molecule has 1 aromatic heterocycles. The second-order valence-corrected chi connectivity index (χ2v) is 4.31. The van der Waals surface area contributed by atoms with E-state index in [1.54, 1.807) is 6.20 Å². The van der Waals surface area contributed by atoms with Gasteiger partial charge in [-0.2, -0.15) is 4.98 Å². The Morgan fingerprint density at radius 2 is 2.24 bits per heavy atom. The van der Waals surface area contributed by atoms with Crippen molar-refractivity contribution in [3.8, 4) is 0 Å². The van der Waals surface area contributed by atoms with Crippen molar-refractivity contribution >= 4 is 23.4 Å². The van der Waals surface area contributed by atoms with Crippen molar-refractivity contribution < 1.29 is 5.11 Å². The first-order valence-electron chi connectivity index (χ1n) is 5.74. The Morgan fingerprint density at radius 3 is 2.76 bits per heavy atom. The van der Waals surface area contributed by atoms with Crippen LogP contribution in [0.3, 0.4) is 0 Å². The fourth-order valence-electron chi connectivity index (χ4n) is 1.52. The number of hydrogen-bond acceptors (Lipinski definition) is 5. The molecule has 0 aliphatic rings. The van der Waals surface area contributed by atoms with Gasteiger partial charge in [-0.25, -0.2) is 4.98 Å². The lowest BCUT2D eigenvalue weighted by Gasteiger charge is -2.27. The third-order valence-electron chi connectivity index (χ3n) is 2.30. The van der Waals surface area contributed by atoms with E-state index in [9.17, 15) is 0 Å². The minimum atomic E-state index is 0.0645. The predicted molar refractivity (Wildman–Crippen MR) is 70.8 cm³/mol. The lowest BCUT2D eigenvalue weighted by atomic mass is 10.3. The summed E-state index contributed by atoms with van der Waals surface area (Å²) in [7, 11) is 0. The molecule has 0 aliphatic carbocycles. The van der Waals surface area contributed by atoms with E-state index in [0.717, 1.165) is 6.54 Å². The first-order chi connectivity index (χ1) is 8.10. The molecule has 0 bridgehead atoms. The van der Waals surface area contributed by atoms with Crippen LogP contribution in [0.15, 0.2) is 6.20 Å². The molecule has 1 heterocycles. The molecule has 0 fully saturated rings. The summed E-state index contributed by atoms with van der Waals surface area (Å²) < 4.78 is 0. The topological polar surface area (TPSA) is 61.3 Å². The van der Waals surface area contributed by atoms with Crippen molar-refractivity contribution in [2.24, 2.45) is 0 Å². The van der Waals surface area contributed by atoms with E-state index in [1.165, 1.54) is 0 Å². The summed E-state index contributed by atoms with van der Waals surface area (Å²) in [5, 5.41) is 12.6. The number of aliphatic hydroxyl groups is 1. The summed E-state index contributed by atoms with van der Waals surface area (Å²) >= 11 is 6.09. The molecule has 0 aliphatic heterocycles. The molecule has 1 aromatic rings. The van der Waals surface area contributed by atoms with Gasteiger partial charge in [0.1, 0.15) is 5.02 Å². The molecule has 0 aromatic carbocycles. The van der Waals surface area contributed by atoms with Crippen molar-refractivity contribution in [1.29, 1.82) is 0 Å². The van der Waals surface area contributed by atoms with Crippen LogP contribution in [-0.4, -0.2) is 40.8 Å². The molecule has 6 heteroatoms. The third kappa shape index (κ3) is 3.71. The first kappa shape index (κ1) is 14.0. The van der Waals surface area contributed by atoms with Gasteiger partial charge in [-0.15, -0.1) is 0 Å². The molecule has 2 N–H and O–H groups in total. The highest BCUT2D eigenvalue weighted by molar-refractivity contribution is 6.32. The van der Waals surface area contributed by atoms with E-state index in [2.05, 4.69) is 15.3 Å². The van der Waals surface area contributed by atoms with Crippen molar-refractivity contribution in [2.75, 3.05) is 29.9 Å². The van der Waals surface area contributed by atoms with Gasteiger partial charge in [0.25, 0.3) is 0 Å². The van der Waals surface area contributed by atoms with Crippen LogP contribution in [0.25, 0.3) is 0 Å². The van der Waals surface area contributed by atoms with Gasteiger partial charge in [-0.3, -0.25) is 0 Å². The van der Waals surface area contributed by atoms with Gasteiger partial charge in [-0.05, 0) is 20.8 Å². The molecule has 1 rings (SSSR count). The lowest BCUT2D eigenvalue weighted by molar-refractivity contribution is 0.298. The lowest BCUT2D eigenvalue weighted by Crippen LogP contribution is -2.34. The smallest absolute Gasteiger partial charge is 0.224 e. The predicted octanol–water partition coefficient (Wildman–Crippen LogP) is 1.77. The summed E-state index contributed by atoms with van der Waals surface area (Å²) in [4.78, 5) is 10.4. The zero-order valence-corrected chi connectivity index (χ0v) is 11.2. The summed E-state index contributed by atoms with van der Waals surface area (Å²) in [6.07, 6.45) is 1.58. The number of aromatic nitrogens is 2. The average Bonchev–Trinajstić information content (AvgIpc) is 2.29. The molecule has 96 valence electrons. The second kappa shape index (κ2) is 6.61. The molecule has 0 radical (unpaired) electrons. The number of nitrogens with zero attached hydrogens (tertiary/aromatic N) is 3. The molecule has 0 spiro atoms. The minimum absolute atomic E-state index is 0.0645. The van der Waals surface area contributed by atoms with Gasteiger partial charge in [0.05, 0.1) is 12.8 Å². The maximum atomic E-state index is 9.07. The van der Waals surface area contributed by atoms with E-state index in [1.807, 2.05) is 25.7 Å². The minimum Gasteiger partial charge on any atom is -0.395 e. The van der Waals surface area contributed by atoms with E-state index in [4.69, 9.17) is 16.7 Å². The van der Waals surface area contributed by atoms with Crippen molar-refractivity contribution in [3.63, 3.8) is 0 Å². The number of hydrogen-bond donors (Lipinski definition) is 2. The van der Waals surface area contributed by atoms with E-state index in [-0.39, 0.29) is 12.6 Å². The molecule has 0 saturated heterocycles. The molecule has 0 unspecified atom stereocenters. The fraction of sp³-hybridized carbons (Fsp3) is 0.636. The number of aliphatic hydroxyl groups excluding tert-OH is 1.